The maximum atomic E-state index is 11.8. The number of amides is 1. The van der Waals surface area contributed by atoms with E-state index in [0.29, 0.717) is 23.9 Å². The molecule has 0 unspecified atom stereocenters. The third kappa shape index (κ3) is 5.45. The van der Waals surface area contributed by atoms with Crippen molar-refractivity contribution in [1.82, 2.24) is 15.5 Å². The molecule has 1 heterocycles. The molecule has 0 fully saturated rings. The van der Waals surface area contributed by atoms with Crippen LogP contribution in [0.5, 0.6) is 5.75 Å². The monoisotopic (exact) mass is 351 g/mol. The van der Waals surface area contributed by atoms with Gasteiger partial charge in [-0.05, 0) is 31.2 Å². The topological polar surface area (TPSA) is 94.3 Å². The molecule has 24 heavy (non-hydrogen) atoms. The fraction of sp³-hybridized carbons (Fsp3) is 0.438. The first kappa shape index (κ1) is 18.1. The van der Waals surface area contributed by atoms with E-state index >= 15 is 0 Å². The summed E-state index contributed by atoms with van der Waals surface area (Å²) in [5.41, 5.74) is 0.814. The largest absolute Gasteiger partial charge is 0.497 e. The van der Waals surface area contributed by atoms with Crippen LogP contribution in [0.15, 0.2) is 28.8 Å². The van der Waals surface area contributed by atoms with E-state index in [1.807, 2.05) is 31.2 Å². The summed E-state index contributed by atoms with van der Waals surface area (Å²) in [6, 6.07) is 7.19. The first-order valence-electron chi connectivity index (χ1n) is 7.54. The van der Waals surface area contributed by atoms with Crippen LogP contribution in [0.4, 0.5) is 0 Å². The van der Waals surface area contributed by atoms with E-state index in [9.17, 15) is 9.00 Å². The summed E-state index contributed by atoms with van der Waals surface area (Å²) in [4.78, 5) is 16.1. The van der Waals surface area contributed by atoms with Crippen molar-refractivity contribution in [3.63, 3.8) is 0 Å². The van der Waals surface area contributed by atoms with Crippen LogP contribution >= 0.6 is 0 Å². The molecule has 130 valence electrons. The van der Waals surface area contributed by atoms with Crippen LogP contribution in [0.1, 0.15) is 19.2 Å². The molecule has 0 aliphatic carbocycles. The minimum atomic E-state index is -0.937. The third-order valence-electron chi connectivity index (χ3n) is 3.27. The Morgan fingerprint density at radius 3 is 2.71 bits per heavy atom. The van der Waals surface area contributed by atoms with Crippen LogP contribution < -0.4 is 10.1 Å². The van der Waals surface area contributed by atoms with Gasteiger partial charge in [0.25, 0.3) is 0 Å². The zero-order valence-corrected chi connectivity index (χ0v) is 14.8. The minimum absolute atomic E-state index is 0.124. The lowest BCUT2D eigenvalue weighted by atomic mass is 10.2. The van der Waals surface area contributed by atoms with E-state index in [1.165, 1.54) is 0 Å². The highest BCUT2D eigenvalue weighted by molar-refractivity contribution is 7.84. The van der Waals surface area contributed by atoms with Gasteiger partial charge in [0.2, 0.25) is 17.6 Å². The van der Waals surface area contributed by atoms with Gasteiger partial charge in [-0.3, -0.25) is 9.00 Å². The Labute approximate surface area is 143 Å². The molecule has 2 aromatic rings. The lowest BCUT2D eigenvalue weighted by Crippen LogP contribution is -2.36. The number of aromatic nitrogens is 2. The molecule has 2 rings (SSSR count). The molecule has 0 aliphatic heterocycles. The van der Waals surface area contributed by atoms with Crippen molar-refractivity contribution in [2.75, 3.05) is 19.1 Å². The van der Waals surface area contributed by atoms with E-state index in [1.54, 1.807) is 13.4 Å². The summed E-state index contributed by atoms with van der Waals surface area (Å²) >= 11 is 0. The van der Waals surface area contributed by atoms with Gasteiger partial charge in [0.15, 0.2) is 0 Å². The average molecular weight is 351 g/mol. The molecule has 1 aromatic heterocycles. The van der Waals surface area contributed by atoms with E-state index < -0.39 is 10.8 Å². The van der Waals surface area contributed by atoms with Gasteiger partial charge in [-0.15, -0.1) is 0 Å². The number of aryl methyl sites for hydroxylation is 1. The Hall–Kier alpha value is -2.22. The smallest absolute Gasteiger partial charge is 0.227 e. The molecule has 1 N–H and O–H groups in total. The molecule has 0 aliphatic rings. The summed E-state index contributed by atoms with van der Waals surface area (Å²) in [5, 5.41) is 6.72. The molecular formula is C16H21N3O4S. The van der Waals surface area contributed by atoms with Crippen LogP contribution in [0, 0.1) is 0 Å². The zero-order chi connectivity index (χ0) is 17.5. The number of benzene rings is 1. The van der Waals surface area contributed by atoms with Crippen molar-refractivity contribution < 1.29 is 18.3 Å². The van der Waals surface area contributed by atoms with Crippen molar-refractivity contribution in [2.45, 2.75) is 25.8 Å². The van der Waals surface area contributed by atoms with Crippen molar-refractivity contribution in [3.05, 3.63) is 30.2 Å². The Bertz CT molecular complexity index is 700. The fourth-order valence-electron chi connectivity index (χ4n) is 2.17. The molecule has 0 saturated carbocycles. The second kappa shape index (κ2) is 8.58. The molecule has 0 radical (unpaired) electrons. The molecule has 8 heteroatoms. The lowest BCUT2D eigenvalue weighted by Gasteiger charge is -2.11. The Morgan fingerprint density at radius 1 is 1.38 bits per heavy atom. The molecule has 0 spiro atoms. The second-order valence-corrected chi connectivity index (χ2v) is 6.93. The van der Waals surface area contributed by atoms with E-state index in [0.717, 1.165) is 11.3 Å². The number of hydrogen-bond donors (Lipinski definition) is 1. The maximum Gasteiger partial charge on any atom is 0.227 e. The number of rotatable bonds is 8. The summed E-state index contributed by atoms with van der Waals surface area (Å²) in [7, 11) is 0.666. The number of carbonyl (C=O) groups excluding carboxylic acids is 1. The predicted molar refractivity (Wildman–Crippen MR) is 91.1 cm³/mol. The molecule has 0 bridgehead atoms. The molecule has 1 aromatic carbocycles. The highest BCUT2D eigenvalue weighted by atomic mass is 32.2. The Balaban J connectivity index is 1.87. The van der Waals surface area contributed by atoms with Crippen LogP contribution in [-0.4, -0.2) is 45.4 Å². The quantitative estimate of drug-likeness (QED) is 0.776. The van der Waals surface area contributed by atoms with Gasteiger partial charge in [-0.25, -0.2) is 0 Å². The number of hydrogen-bond acceptors (Lipinski definition) is 6. The number of nitrogens with one attached hydrogen (secondary N) is 1. The van der Waals surface area contributed by atoms with E-state index in [2.05, 4.69) is 15.5 Å². The van der Waals surface area contributed by atoms with Gasteiger partial charge in [0, 0.05) is 47.3 Å². The van der Waals surface area contributed by atoms with Crippen LogP contribution in [-0.2, 0) is 22.0 Å². The Kier molecular flexibility index (Phi) is 6.48. The summed E-state index contributed by atoms with van der Waals surface area (Å²) in [6.45, 7) is 1.83. The van der Waals surface area contributed by atoms with Crippen molar-refractivity contribution in [3.8, 4) is 17.1 Å². The normalized spacial score (nSPS) is 13.3. The van der Waals surface area contributed by atoms with Crippen LogP contribution in [0.2, 0.25) is 0 Å². The first-order chi connectivity index (χ1) is 11.5. The van der Waals surface area contributed by atoms with Gasteiger partial charge in [-0.2, -0.15) is 4.98 Å². The SMILES string of the molecule is COc1ccc(-c2noc(CCC(=O)N[C@@H](C)C[S@@](C)=O)n2)cc1. The summed E-state index contributed by atoms with van der Waals surface area (Å²) < 4.78 is 21.4. The lowest BCUT2D eigenvalue weighted by molar-refractivity contribution is -0.121. The van der Waals surface area contributed by atoms with E-state index in [-0.39, 0.29) is 18.4 Å². The summed E-state index contributed by atoms with van der Waals surface area (Å²) in [5.74, 6) is 1.94. The van der Waals surface area contributed by atoms with Crippen molar-refractivity contribution >= 4 is 16.7 Å². The number of methoxy groups -OCH3 is 1. The van der Waals surface area contributed by atoms with Crippen LogP contribution in [0.25, 0.3) is 11.4 Å². The molecule has 1 amide bonds. The molecule has 0 saturated heterocycles. The Morgan fingerprint density at radius 2 is 2.08 bits per heavy atom. The second-order valence-electron chi connectivity index (χ2n) is 5.45. The number of ether oxygens (including phenoxy) is 1. The summed E-state index contributed by atoms with van der Waals surface area (Å²) in [6.07, 6.45) is 2.21. The minimum Gasteiger partial charge on any atom is -0.497 e. The van der Waals surface area contributed by atoms with Crippen LogP contribution in [0.3, 0.4) is 0 Å². The number of carbonyl (C=O) groups is 1. The van der Waals surface area contributed by atoms with Crippen molar-refractivity contribution in [1.29, 1.82) is 0 Å². The van der Waals surface area contributed by atoms with Gasteiger partial charge in [0.05, 0.1) is 7.11 Å². The molecular weight excluding hydrogens is 330 g/mol. The highest BCUT2D eigenvalue weighted by Gasteiger charge is 2.13. The van der Waals surface area contributed by atoms with E-state index in [4.69, 9.17) is 9.26 Å². The molecule has 7 nitrogen and oxygen atoms in total. The van der Waals surface area contributed by atoms with Gasteiger partial charge in [0.1, 0.15) is 5.75 Å². The maximum absolute atomic E-state index is 11.8. The van der Waals surface area contributed by atoms with Gasteiger partial charge >= 0.3 is 0 Å². The molecule has 2 atom stereocenters. The highest BCUT2D eigenvalue weighted by Crippen LogP contribution is 2.19. The predicted octanol–water partition coefficient (Wildman–Crippen LogP) is 1.56. The standard InChI is InChI=1S/C16H21N3O4S/c1-11(10-24(3)21)17-14(20)8-9-15-18-16(19-23-15)12-4-6-13(22-2)7-5-12/h4-7,11H,8-10H2,1-3H3,(H,17,20)/t11-,24+/m0/s1. The fourth-order valence-corrected chi connectivity index (χ4v) is 2.96. The average Bonchev–Trinajstić information content (AvgIpc) is 3.01. The first-order valence-corrected chi connectivity index (χ1v) is 9.27. The van der Waals surface area contributed by atoms with Crippen molar-refractivity contribution in [2.24, 2.45) is 0 Å². The van der Waals surface area contributed by atoms with Gasteiger partial charge < -0.3 is 14.6 Å². The van der Waals surface area contributed by atoms with Gasteiger partial charge in [-0.1, -0.05) is 5.16 Å². The number of nitrogens with zero attached hydrogens (tertiary/aromatic N) is 2. The zero-order valence-electron chi connectivity index (χ0n) is 13.9. The third-order valence-corrected chi connectivity index (χ3v) is 4.24.